The number of pyridine rings is 1. The monoisotopic (exact) mass is 474 g/mol. The summed E-state index contributed by atoms with van der Waals surface area (Å²) in [4.78, 5) is 26.1. The summed E-state index contributed by atoms with van der Waals surface area (Å²) in [5.41, 5.74) is 0.772. The van der Waals surface area contributed by atoms with Crippen LogP contribution < -0.4 is 10.3 Å². The molecule has 1 atom stereocenters. The van der Waals surface area contributed by atoms with E-state index >= 15 is 0 Å². The van der Waals surface area contributed by atoms with Gasteiger partial charge in [-0.2, -0.15) is 0 Å². The summed E-state index contributed by atoms with van der Waals surface area (Å²) in [5.74, 6) is -0.137. The maximum atomic E-state index is 13.2. The molecule has 1 aromatic carbocycles. The molecule has 1 unspecified atom stereocenters. The van der Waals surface area contributed by atoms with Crippen molar-refractivity contribution in [1.29, 1.82) is 0 Å². The zero-order chi connectivity index (χ0) is 24.2. The average Bonchev–Trinajstić information content (AvgIpc) is 3.28. The van der Waals surface area contributed by atoms with Crippen molar-refractivity contribution in [3.63, 3.8) is 0 Å². The van der Waals surface area contributed by atoms with Crippen molar-refractivity contribution in [2.45, 2.75) is 38.8 Å². The summed E-state index contributed by atoms with van der Waals surface area (Å²) >= 11 is 6.27. The number of methoxy groups -OCH3 is 2. The highest BCUT2D eigenvalue weighted by molar-refractivity contribution is 6.31. The number of ether oxygens (including phenoxy) is 3. The van der Waals surface area contributed by atoms with E-state index in [9.17, 15) is 9.59 Å². The molecule has 33 heavy (non-hydrogen) atoms. The Morgan fingerprint density at radius 3 is 2.42 bits per heavy atom. The van der Waals surface area contributed by atoms with Crippen LogP contribution in [0.25, 0.3) is 16.8 Å². The van der Waals surface area contributed by atoms with Crippen LogP contribution in [-0.2, 0) is 14.3 Å². The first-order valence-corrected chi connectivity index (χ1v) is 10.7. The molecule has 0 fully saturated rings. The van der Waals surface area contributed by atoms with E-state index in [4.69, 9.17) is 25.8 Å². The first kappa shape index (κ1) is 24.5. The maximum Gasteiger partial charge on any atom is 0.329 e. The molecule has 3 rings (SSSR count). The molecule has 0 radical (unpaired) electrons. The second-order valence-corrected chi connectivity index (χ2v) is 8.80. The van der Waals surface area contributed by atoms with Gasteiger partial charge in [-0.25, -0.2) is 4.79 Å². The van der Waals surface area contributed by atoms with Crippen LogP contribution in [0.15, 0.2) is 47.9 Å². The third kappa shape index (κ3) is 5.80. The van der Waals surface area contributed by atoms with Crippen LogP contribution in [0.2, 0.25) is 5.02 Å². The summed E-state index contributed by atoms with van der Waals surface area (Å²) in [6.45, 7) is 5.59. The van der Waals surface area contributed by atoms with Gasteiger partial charge in [-0.15, -0.1) is 10.2 Å². The molecule has 0 amide bonds. The Hall–Kier alpha value is -3.17. The zero-order valence-corrected chi connectivity index (χ0v) is 20.0. The highest BCUT2D eigenvalue weighted by Gasteiger charge is 2.28. The molecule has 0 spiro atoms. The molecule has 0 saturated carbocycles. The normalized spacial score (nSPS) is 12.4. The van der Waals surface area contributed by atoms with Crippen LogP contribution in [0.3, 0.4) is 0 Å². The van der Waals surface area contributed by atoms with Crippen LogP contribution in [0.1, 0.15) is 33.2 Å². The van der Waals surface area contributed by atoms with Gasteiger partial charge < -0.3 is 14.2 Å². The third-order valence-electron chi connectivity index (χ3n) is 4.82. The molecule has 0 aliphatic carbocycles. The van der Waals surface area contributed by atoms with Crippen molar-refractivity contribution < 1.29 is 19.0 Å². The number of aromatic nitrogens is 4. The number of hydrogen-bond acceptors (Lipinski definition) is 7. The minimum Gasteiger partial charge on any atom is -0.495 e. The van der Waals surface area contributed by atoms with Gasteiger partial charge >= 0.3 is 5.97 Å². The van der Waals surface area contributed by atoms with Crippen LogP contribution in [0, 0.1) is 0 Å². The van der Waals surface area contributed by atoms with Crippen LogP contribution in [0.4, 0.5) is 0 Å². The number of carbonyl (C=O) groups excluding carboxylic acids is 1. The van der Waals surface area contributed by atoms with Crippen molar-refractivity contribution in [3.8, 4) is 22.6 Å². The second kappa shape index (κ2) is 10.2. The zero-order valence-electron chi connectivity index (χ0n) is 19.2. The summed E-state index contributed by atoms with van der Waals surface area (Å²) in [6.07, 6.45) is 4.86. The topological polar surface area (TPSA) is 97.5 Å². The Morgan fingerprint density at radius 2 is 1.82 bits per heavy atom. The summed E-state index contributed by atoms with van der Waals surface area (Å²) in [5, 5.41) is 8.19. The minimum atomic E-state index is -0.878. The number of rotatable bonds is 8. The molecule has 0 saturated heterocycles. The van der Waals surface area contributed by atoms with Gasteiger partial charge in [0.15, 0.2) is 0 Å². The molecular weight excluding hydrogens is 448 g/mol. The van der Waals surface area contributed by atoms with Crippen LogP contribution >= 0.6 is 11.6 Å². The van der Waals surface area contributed by atoms with Crippen LogP contribution in [0.5, 0.6) is 5.75 Å². The van der Waals surface area contributed by atoms with Gasteiger partial charge in [0.1, 0.15) is 30.0 Å². The van der Waals surface area contributed by atoms with E-state index < -0.39 is 23.2 Å². The van der Waals surface area contributed by atoms with E-state index in [1.165, 1.54) is 31.0 Å². The largest absolute Gasteiger partial charge is 0.495 e. The molecule has 2 heterocycles. The number of hydrogen-bond donors (Lipinski definition) is 0. The smallest absolute Gasteiger partial charge is 0.329 e. The lowest BCUT2D eigenvalue weighted by atomic mass is 10.0. The minimum absolute atomic E-state index is 0.261. The fourth-order valence-electron chi connectivity index (χ4n) is 3.39. The van der Waals surface area contributed by atoms with E-state index in [0.29, 0.717) is 27.6 Å². The Labute approximate surface area is 196 Å². The summed E-state index contributed by atoms with van der Waals surface area (Å²) in [7, 11) is 3.03. The van der Waals surface area contributed by atoms with Gasteiger partial charge in [0.2, 0.25) is 0 Å². The van der Waals surface area contributed by atoms with Crippen molar-refractivity contribution in [2.24, 2.45) is 0 Å². The SMILES string of the molecule is COCCC(C(=O)OC(C)(C)C)n1cc(OC)c(-c2cc(Cl)ccc2-n2cnnc2)cc1=O. The number of esters is 1. The molecule has 2 aromatic heterocycles. The Morgan fingerprint density at radius 1 is 1.12 bits per heavy atom. The number of nitrogens with zero attached hydrogens (tertiary/aromatic N) is 4. The molecule has 0 aliphatic rings. The molecule has 176 valence electrons. The van der Waals surface area contributed by atoms with E-state index in [0.717, 1.165) is 0 Å². The highest BCUT2D eigenvalue weighted by Crippen LogP contribution is 2.35. The molecule has 0 aliphatic heterocycles. The van der Waals surface area contributed by atoms with Crippen molar-refractivity contribution in [2.75, 3.05) is 20.8 Å². The van der Waals surface area contributed by atoms with Gasteiger partial charge in [0, 0.05) is 42.4 Å². The van der Waals surface area contributed by atoms with Crippen molar-refractivity contribution in [1.82, 2.24) is 19.3 Å². The van der Waals surface area contributed by atoms with Crippen LogP contribution in [-0.4, -0.2) is 51.7 Å². The number of halogens is 1. The van der Waals surface area contributed by atoms with E-state index in [-0.39, 0.29) is 13.0 Å². The standard InChI is InChI=1S/C23H27ClN4O5/c1-23(2,3)33-22(30)19(8-9-31-4)28-12-20(32-5)17(11-21(28)29)16-10-15(24)6-7-18(16)27-13-25-26-14-27/h6-7,10-14,19H,8-9H2,1-5H3. The lowest BCUT2D eigenvalue weighted by molar-refractivity contribution is -0.159. The van der Waals surface area contributed by atoms with Gasteiger partial charge in [-0.3, -0.25) is 13.9 Å². The fraction of sp³-hybridized carbons (Fsp3) is 0.391. The summed E-state index contributed by atoms with van der Waals surface area (Å²) < 4.78 is 19.3. The molecule has 0 bridgehead atoms. The Balaban J connectivity index is 2.14. The highest BCUT2D eigenvalue weighted by atomic mass is 35.5. The van der Waals surface area contributed by atoms with E-state index in [1.54, 1.807) is 56.2 Å². The number of benzene rings is 1. The van der Waals surface area contributed by atoms with Crippen molar-refractivity contribution >= 4 is 17.6 Å². The lowest BCUT2D eigenvalue weighted by Gasteiger charge is -2.25. The fourth-order valence-corrected chi connectivity index (χ4v) is 3.56. The quantitative estimate of drug-likeness (QED) is 0.459. The maximum absolute atomic E-state index is 13.2. The van der Waals surface area contributed by atoms with E-state index in [1.807, 2.05) is 0 Å². The number of carbonyl (C=O) groups is 1. The molecule has 3 aromatic rings. The molecular formula is C23H27ClN4O5. The Kier molecular flexibility index (Phi) is 7.55. The molecule has 10 heteroatoms. The predicted molar refractivity (Wildman–Crippen MR) is 124 cm³/mol. The first-order chi connectivity index (χ1) is 15.6. The van der Waals surface area contributed by atoms with E-state index in [2.05, 4.69) is 10.2 Å². The second-order valence-electron chi connectivity index (χ2n) is 8.36. The average molecular weight is 475 g/mol. The molecule has 0 N–H and O–H groups in total. The van der Waals surface area contributed by atoms with Gasteiger partial charge in [0.05, 0.1) is 19.0 Å². The Bertz CT molecular complexity index is 1170. The van der Waals surface area contributed by atoms with Gasteiger partial charge in [0.25, 0.3) is 5.56 Å². The van der Waals surface area contributed by atoms with Gasteiger partial charge in [-0.1, -0.05) is 11.6 Å². The molecule has 9 nitrogen and oxygen atoms in total. The first-order valence-electron chi connectivity index (χ1n) is 10.3. The predicted octanol–water partition coefficient (Wildman–Crippen LogP) is 3.68. The van der Waals surface area contributed by atoms with Crippen molar-refractivity contribution in [3.05, 3.63) is 58.5 Å². The third-order valence-corrected chi connectivity index (χ3v) is 5.05. The summed E-state index contributed by atoms with van der Waals surface area (Å²) in [6, 6.07) is 5.80. The van der Waals surface area contributed by atoms with Gasteiger partial charge in [-0.05, 0) is 39.0 Å². The lowest BCUT2D eigenvalue weighted by Crippen LogP contribution is -2.35.